The maximum absolute atomic E-state index is 6.56. The van der Waals surface area contributed by atoms with Gasteiger partial charge >= 0.3 is 0 Å². The van der Waals surface area contributed by atoms with E-state index in [2.05, 4.69) is 24.4 Å². The lowest BCUT2D eigenvalue weighted by molar-refractivity contribution is -0.141. The molecular formula is C18H27NO2. The minimum Gasteiger partial charge on any atom is -0.497 e. The largest absolute Gasteiger partial charge is 0.497 e. The fraction of sp³-hybridized carbons (Fsp3) is 0.667. The number of hydrogen-bond donors (Lipinski definition) is 1. The Kier molecular flexibility index (Phi) is 4.51. The highest BCUT2D eigenvalue weighted by Crippen LogP contribution is 2.40. The van der Waals surface area contributed by atoms with Crippen LogP contribution in [-0.4, -0.2) is 25.8 Å². The fourth-order valence-corrected chi connectivity index (χ4v) is 3.73. The highest BCUT2D eigenvalue weighted by atomic mass is 16.5. The summed E-state index contributed by atoms with van der Waals surface area (Å²) in [7, 11) is 1.70. The second kappa shape index (κ2) is 6.37. The molecule has 0 aromatic heterocycles. The van der Waals surface area contributed by atoms with E-state index in [-0.39, 0.29) is 11.7 Å². The molecule has 0 bridgehead atoms. The molecule has 3 rings (SSSR count). The molecule has 116 valence electrons. The van der Waals surface area contributed by atoms with E-state index in [9.17, 15) is 0 Å². The second-order valence-corrected chi connectivity index (χ2v) is 6.55. The van der Waals surface area contributed by atoms with Crippen molar-refractivity contribution in [3.63, 3.8) is 0 Å². The van der Waals surface area contributed by atoms with Crippen LogP contribution in [0.3, 0.4) is 0 Å². The van der Waals surface area contributed by atoms with E-state index in [1.807, 2.05) is 12.1 Å². The van der Waals surface area contributed by atoms with Crippen LogP contribution in [0.15, 0.2) is 24.3 Å². The first-order valence-corrected chi connectivity index (χ1v) is 8.27. The van der Waals surface area contributed by atoms with Crippen molar-refractivity contribution in [1.82, 2.24) is 5.32 Å². The van der Waals surface area contributed by atoms with Crippen molar-refractivity contribution in [2.24, 2.45) is 5.92 Å². The summed E-state index contributed by atoms with van der Waals surface area (Å²) in [6.45, 7) is 4.23. The molecule has 1 unspecified atom stereocenters. The molecular weight excluding hydrogens is 262 g/mol. The zero-order chi connectivity index (χ0) is 14.7. The van der Waals surface area contributed by atoms with Crippen LogP contribution in [0.4, 0.5) is 0 Å². The van der Waals surface area contributed by atoms with Crippen molar-refractivity contribution in [1.29, 1.82) is 0 Å². The van der Waals surface area contributed by atoms with Crippen LogP contribution in [0, 0.1) is 5.92 Å². The molecule has 1 aliphatic carbocycles. The van der Waals surface area contributed by atoms with Gasteiger partial charge in [0.25, 0.3) is 0 Å². The molecule has 1 saturated heterocycles. The van der Waals surface area contributed by atoms with Gasteiger partial charge in [-0.3, -0.25) is 0 Å². The van der Waals surface area contributed by atoms with Crippen molar-refractivity contribution in [3.8, 4) is 5.75 Å². The number of morpholine rings is 1. The number of ether oxygens (including phenoxy) is 2. The first kappa shape index (κ1) is 14.9. The summed E-state index contributed by atoms with van der Waals surface area (Å²) >= 11 is 0. The second-order valence-electron chi connectivity index (χ2n) is 6.55. The molecule has 0 amide bonds. The number of rotatable bonds is 3. The van der Waals surface area contributed by atoms with Crippen LogP contribution in [-0.2, 0) is 4.74 Å². The first-order chi connectivity index (χ1) is 10.2. The summed E-state index contributed by atoms with van der Waals surface area (Å²) in [4.78, 5) is 0. The van der Waals surface area contributed by atoms with Crippen LogP contribution in [0.5, 0.6) is 5.75 Å². The normalized spacial score (nSPS) is 33.0. The van der Waals surface area contributed by atoms with Crippen LogP contribution in [0.1, 0.15) is 50.7 Å². The third-order valence-electron chi connectivity index (χ3n) is 5.25. The molecule has 1 aromatic carbocycles. The van der Waals surface area contributed by atoms with E-state index >= 15 is 0 Å². The molecule has 2 fully saturated rings. The van der Waals surface area contributed by atoms with Gasteiger partial charge in [0.1, 0.15) is 5.75 Å². The average molecular weight is 289 g/mol. The van der Waals surface area contributed by atoms with Gasteiger partial charge in [-0.1, -0.05) is 25.5 Å². The Morgan fingerprint density at radius 3 is 2.57 bits per heavy atom. The zero-order valence-electron chi connectivity index (χ0n) is 13.2. The number of nitrogens with one attached hydrogen (secondary N) is 1. The van der Waals surface area contributed by atoms with E-state index in [0.717, 1.165) is 24.8 Å². The molecule has 1 heterocycles. The van der Waals surface area contributed by atoms with E-state index in [1.54, 1.807) is 7.11 Å². The molecule has 0 radical (unpaired) electrons. The van der Waals surface area contributed by atoms with Gasteiger partial charge in [0.2, 0.25) is 0 Å². The summed E-state index contributed by atoms with van der Waals surface area (Å²) in [6, 6.07) is 8.30. The number of benzene rings is 1. The van der Waals surface area contributed by atoms with Crippen molar-refractivity contribution in [2.45, 2.75) is 50.7 Å². The average Bonchev–Trinajstić information content (AvgIpc) is 2.56. The van der Waals surface area contributed by atoms with Gasteiger partial charge in [-0.05, 0) is 49.3 Å². The Labute approximate surface area is 128 Å². The Morgan fingerprint density at radius 2 is 1.95 bits per heavy atom. The molecule has 3 nitrogen and oxygen atoms in total. The smallest absolute Gasteiger partial charge is 0.118 e. The summed E-state index contributed by atoms with van der Waals surface area (Å²) in [6.07, 6.45) is 6.51. The third-order valence-corrected chi connectivity index (χ3v) is 5.25. The molecule has 1 atom stereocenters. The Hall–Kier alpha value is -1.06. The van der Waals surface area contributed by atoms with Crippen LogP contribution >= 0.6 is 0 Å². The van der Waals surface area contributed by atoms with Crippen LogP contribution < -0.4 is 10.1 Å². The fourth-order valence-electron chi connectivity index (χ4n) is 3.73. The van der Waals surface area contributed by atoms with Crippen molar-refractivity contribution in [3.05, 3.63) is 29.8 Å². The third kappa shape index (κ3) is 3.24. The Bertz CT molecular complexity index is 449. The molecule has 1 N–H and O–H groups in total. The van der Waals surface area contributed by atoms with Crippen molar-refractivity contribution in [2.75, 3.05) is 20.2 Å². The monoisotopic (exact) mass is 289 g/mol. The highest BCUT2D eigenvalue weighted by Gasteiger charge is 2.40. The maximum atomic E-state index is 6.56. The molecule has 1 spiro atoms. The minimum atomic E-state index is 0.0640. The highest BCUT2D eigenvalue weighted by molar-refractivity contribution is 5.29. The quantitative estimate of drug-likeness (QED) is 0.920. The first-order valence-electron chi connectivity index (χ1n) is 8.27. The van der Waals surface area contributed by atoms with Gasteiger partial charge in [-0.15, -0.1) is 0 Å². The van der Waals surface area contributed by atoms with Gasteiger partial charge in [-0.25, -0.2) is 0 Å². The Balaban J connectivity index is 1.67. The predicted molar refractivity (Wildman–Crippen MR) is 84.7 cm³/mol. The van der Waals surface area contributed by atoms with Crippen molar-refractivity contribution < 1.29 is 9.47 Å². The molecule has 1 aromatic rings. The topological polar surface area (TPSA) is 30.5 Å². The summed E-state index contributed by atoms with van der Waals surface area (Å²) in [5.74, 6) is 1.81. The summed E-state index contributed by atoms with van der Waals surface area (Å²) in [5, 5.41) is 3.60. The van der Waals surface area contributed by atoms with Gasteiger partial charge in [0.05, 0.1) is 18.8 Å². The summed E-state index contributed by atoms with van der Waals surface area (Å²) < 4.78 is 11.8. The van der Waals surface area contributed by atoms with Gasteiger partial charge < -0.3 is 14.8 Å². The molecule has 21 heavy (non-hydrogen) atoms. The van der Waals surface area contributed by atoms with Crippen LogP contribution in [0.25, 0.3) is 0 Å². The SMILES string of the molecule is CCC1CCC2(CC1)CNCC(c1ccc(OC)cc1)O2. The standard InChI is InChI=1S/C18H27NO2/c1-3-14-8-10-18(11-9-14)13-19-12-17(21-18)15-4-6-16(20-2)7-5-15/h4-7,14,17,19H,3,8-13H2,1-2H3. The lowest BCUT2D eigenvalue weighted by Crippen LogP contribution is -2.52. The van der Waals surface area contributed by atoms with E-state index in [4.69, 9.17) is 9.47 Å². The molecule has 2 aliphatic rings. The van der Waals surface area contributed by atoms with Crippen LogP contribution in [0.2, 0.25) is 0 Å². The van der Waals surface area contributed by atoms with Gasteiger partial charge in [-0.2, -0.15) is 0 Å². The number of methoxy groups -OCH3 is 1. The summed E-state index contributed by atoms with van der Waals surface area (Å²) in [5.41, 5.74) is 1.31. The maximum Gasteiger partial charge on any atom is 0.118 e. The zero-order valence-corrected chi connectivity index (χ0v) is 13.2. The van der Waals surface area contributed by atoms with E-state index in [0.29, 0.717) is 0 Å². The van der Waals surface area contributed by atoms with Gasteiger partial charge in [0, 0.05) is 13.1 Å². The van der Waals surface area contributed by atoms with Crippen molar-refractivity contribution >= 4 is 0 Å². The number of hydrogen-bond acceptors (Lipinski definition) is 3. The predicted octanol–water partition coefficient (Wildman–Crippen LogP) is 3.70. The molecule has 1 aliphatic heterocycles. The minimum absolute atomic E-state index is 0.0640. The lowest BCUT2D eigenvalue weighted by Gasteiger charge is -2.46. The molecule has 3 heteroatoms. The van der Waals surface area contributed by atoms with Gasteiger partial charge in [0.15, 0.2) is 0 Å². The van der Waals surface area contributed by atoms with E-state index < -0.39 is 0 Å². The molecule has 1 saturated carbocycles. The van der Waals surface area contributed by atoms with E-state index in [1.165, 1.54) is 37.7 Å². The lowest BCUT2D eigenvalue weighted by atomic mass is 9.77. The Morgan fingerprint density at radius 1 is 1.24 bits per heavy atom.